The number of rotatable bonds is 0. The molecule has 0 heterocycles. The van der Waals surface area contributed by atoms with E-state index in [-0.39, 0.29) is 0 Å². The molecule has 0 nitrogen and oxygen atoms in total. The third kappa shape index (κ3) is 1.28. The fraction of sp³-hybridized carbons (Fsp3) is 0. The van der Waals surface area contributed by atoms with Crippen LogP contribution in [0.2, 0.25) is 10.0 Å². The zero-order valence-electron chi connectivity index (χ0n) is 5.32. The minimum atomic E-state index is 0.495. The first-order valence-corrected chi connectivity index (χ1v) is 3.50. The van der Waals surface area contributed by atoms with Gasteiger partial charge in [-0.05, 0) is 25.0 Å². The molecule has 0 spiro atoms. The summed E-state index contributed by atoms with van der Waals surface area (Å²) in [5.74, 6) is 0. The molecule has 0 aliphatic rings. The zero-order chi connectivity index (χ0) is 7.72. The third-order valence-corrected chi connectivity index (χ3v) is 2.20. The Morgan fingerprint density at radius 3 is 1.50 bits per heavy atom. The summed E-state index contributed by atoms with van der Waals surface area (Å²) in [5, 5.41) is 0.989. The van der Waals surface area contributed by atoms with Crippen molar-refractivity contribution in [3.8, 4) is 0 Å². The van der Waals surface area contributed by atoms with E-state index in [1.54, 1.807) is 12.1 Å². The summed E-state index contributed by atoms with van der Waals surface area (Å²) in [6, 6.07) is 3.58. The smallest absolute Gasteiger partial charge is 0.0627 e. The van der Waals surface area contributed by atoms with Gasteiger partial charge >= 0.3 is 0 Å². The molecule has 10 heavy (non-hydrogen) atoms. The monoisotopic (exact) mass is 172 g/mol. The molecule has 0 atom stereocenters. The molecule has 0 N–H and O–H groups in total. The highest BCUT2D eigenvalue weighted by Gasteiger charge is 2.02. The predicted molar refractivity (Wildman–Crippen MR) is 45.4 cm³/mol. The van der Waals surface area contributed by atoms with E-state index in [1.807, 2.05) is 0 Å². The molecule has 0 bridgehead atoms. The molecule has 0 fully saturated rings. The van der Waals surface area contributed by atoms with Crippen LogP contribution < -0.4 is 0 Å². The molecule has 0 amide bonds. The van der Waals surface area contributed by atoms with E-state index in [1.165, 1.54) is 0 Å². The van der Waals surface area contributed by atoms with Gasteiger partial charge in [-0.2, -0.15) is 0 Å². The van der Waals surface area contributed by atoms with E-state index in [0.29, 0.717) is 10.0 Å². The summed E-state index contributed by atoms with van der Waals surface area (Å²) in [7, 11) is 0. The van der Waals surface area contributed by atoms with Crippen molar-refractivity contribution >= 4 is 23.2 Å². The molecule has 0 aromatic heterocycles. The van der Waals surface area contributed by atoms with Crippen molar-refractivity contribution in [2.24, 2.45) is 0 Å². The maximum absolute atomic E-state index is 5.75. The van der Waals surface area contributed by atoms with Crippen molar-refractivity contribution < 1.29 is 0 Å². The van der Waals surface area contributed by atoms with Gasteiger partial charge in [0.2, 0.25) is 0 Å². The number of hydrogen-bond donors (Lipinski definition) is 0. The van der Waals surface area contributed by atoms with E-state index >= 15 is 0 Å². The van der Waals surface area contributed by atoms with Crippen LogP contribution in [0.4, 0.5) is 0 Å². The van der Waals surface area contributed by atoms with Crippen LogP contribution in [0.3, 0.4) is 0 Å². The van der Waals surface area contributed by atoms with Gasteiger partial charge in [0.15, 0.2) is 0 Å². The summed E-state index contributed by atoms with van der Waals surface area (Å²) in [4.78, 5) is 0. The van der Waals surface area contributed by atoms with Crippen LogP contribution in [0.1, 0.15) is 11.1 Å². The molecule has 0 aliphatic heterocycles. The van der Waals surface area contributed by atoms with Gasteiger partial charge < -0.3 is 0 Å². The zero-order valence-corrected chi connectivity index (χ0v) is 6.84. The first-order valence-electron chi connectivity index (χ1n) is 2.75. The first-order chi connectivity index (χ1) is 4.63. The highest BCUT2D eigenvalue weighted by atomic mass is 35.5. The number of hydrogen-bond acceptors (Lipinski definition) is 0. The largest absolute Gasteiger partial charge is 0.0824 e. The van der Waals surface area contributed by atoms with Crippen LogP contribution >= 0.6 is 23.2 Å². The van der Waals surface area contributed by atoms with Crippen molar-refractivity contribution in [1.29, 1.82) is 0 Å². The molecule has 0 saturated heterocycles. The van der Waals surface area contributed by atoms with E-state index in [0.717, 1.165) is 11.1 Å². The van der Waals surface area contributed by atoms with Gasteiger partial charge in [-0.3, -0.25) is 0 Å². The Kier molecular flexibility index (Phi) is 2.22. The number of benzene rings is 1. The lowest BCUT2D eigenvalue weighted by molar-refractivity contribution is 1.55. The maximum atomic E-state index is 5.75. The highest BCUT2D eigenvalue weighted by Crippen LogP contribution is 2.27. The minimum absolute atomic E-state index is 0.495. The SMILES string of the molecule is [CH2]c1ccc([CH2])c(Cl)c1Cl. The standard InChI is InChI=1S/C8H6Cl2/c1-5-3-4-6(2)8(10)7(5)9/h3-4H,1-2H2. The van der Waals surface area contributed by atoms with E-state index < -0.39 is 0 Å². The van der Waals surface area contributed by atoms with E-state index in [9.17, 15) is 0 Å². The number of halogens is 2. The topological polar surface area (TPSA) is 0 Å². The van der Waals surface area contributed by atoms with Gasteiger partial charge in [0, 0.05) is 0 Å². The summed E-state index contributed by atoms with van der Waals surface area (Å²) < 4.78 is 0. The summed E-state index contributed by atoms with van der Waals surface area (Å²) in [6.07, 6.45) is 0. The van der Waals surface area contributed by atoms with Crippen molar-refractivity contribution in [2.45, 2.75) is 0 Å². The molecule has 0 aliphatic carbocycles. The lowest BCUT2D eigenvalue weighted by Gasteiger charge is -2.01. The second kappa shape index (κ2) is 2.81. The second-order valence-electron chi connectivity index (χ2n) is 2.01. The van der Waals surface area contributed by atoms with Crippen molar-refractivity contribution in [3.63, 3.8) is 0 Å². The third-order valence-electron chi connectivity index (χ3n) is 1.24. The Morgan fingerprint density at radius 2 is 1.20 bits per heavy atom. The Balaban J connectivity index is 3.34. The summed E-state index contributed by atoms with van der Waals surface area (Å²) in [5.41, 5.74) is 1.47. The van der Waals surface area contributed by atoms with E-state index in [2.05, 4.69) is 13.8 Å². The van der Waals surface area contributed by atoms with Gasteiger partial charge in [0.25, 0.3) is 0 Å². The normalized spacial score (nSPS) is 10.0. The molecule has 0 saturated carbocycles. The van der Waals surface area contributed by atoms with Crippen LogP contribution in [0.5, 0.6) is 0 Å². The molecular weight excluding hydrogens is 167 g/mol. The summed E-state index contributed by atoms with van der Waals surface area (Å²) in [6.45, 7) is 7.36. The van der Waals surface area contributed by atoms with Crippen molar-refractivity contribution in [2.75, 3.05) is 0 Å². The van der Waals surface area contributed by atoms with Gasteiger partial charge in [0.05, 0.1) is 10.0 Å². The molecule has 1 rings (SSSR count). The van der Waals surface area contributed by atoms with Gasteiger partial charge in [-0.1, -0.05) is 35.3 Å². The van der Waals surface area contributed by atoms with Crippen molar-refractivity contribution in [3.05, 3.63) is 47.2 Å². The van der Waals surface area contributed by atoms with Crippen LogP contribution in [-0.2, 0) is 0 Å². The molecule has 52 valence electrons. The fourth-order valence-electron chi connectivity index (χ4n) is 0.629. The van der Waals surface area contributed by atoms with Crippen molar-refractivity contribution in [1.82, 2.24) is 0 Å². The minimum Gasteiger partial charge on any atom is -0.0824 e. The molecule has 1 aromatic carbocycles. The van der Waals surface area contributed by atoms with Gasteiger partial charge in [-0.25, -0.2) is 0 Å². The summed E-state index contributed by atoms with van der Waals surface area (Å²) >= 11 is 11.5. The van der Waals surface area contributed by atoms with Crippen LogP contribution in [0, 0.1) is 13.8 Å². The molecule has 2 radical (unpaired) electrons. The predicted octanol–water partition coefficient (Wildman–Crippen LogP) is 3.36. The molecule has 0 unspecified atom stereocenters. The maximum Gasteiger partial charge on any atom is 0.0627 e. The Labute approximate surface area is 70.8 Å². The van der Waals surface area contributed by atoms with Gasteiger partial charge in [-0.15, -0.1) is 0 Å². The highest BCUT2D eigenvalue weighted by molar-refractivity contribution is 6.43. The lowest BCUT2D eigenvalue weighted by Crippen LogP contribution is -1.79. The lowest BCUT2D eigenvalue weighted by atomic mass is 10.2. The fourth-order valence-corrected chi connectivity index (χ4v) is 0.998. The molecule has 2 heteroatoms. The molecular formula is C8H6Cl2. The first kappa shape index (κ1) is 7.90. The van der Waals surface area contributed by atoms with Crippen LogP contribution in [0.15, 0.2) is 12.1 Å². The Bertz CT molecular complexity index is 227. The van der Waals surface area contributed by atoms with E-state index in [4.69, 9.17) is 23.2 Å². The average molecular weight is 173 g/mol. The Morgan fingerprint density at radius 1 is 0.900 bits per heavy atom. The van der Waals surface area contributed by atoms with Crippen LogP contribution in [0.25, 0.3) is 0 Å². The Hall–Kier alpha value is -0.200. The second-order valence-corrected chi connectivity index (χ2v) is 2.77. The molecule has 1 aromatic rings. The quantitative estimate of drug-likeness (QED) is 0.564. The van der Waals surface area contributed by atoms with Crippen LogP contribution in [-0.4, -0.2) is 0 Å². The average Bonchev–Trinajstić information content (AvgIpc) is 1.93. The van der Waals surface area contributed by atoms with Gasteiger partial charge in [0.1, 0.15) is 0 Å².